The van der Waals surface area contributed by atoms with Crippen molar-refractivity contribution in [2.45, 2.75) is 51.0 Å². The Morgan fingerprint density at radius 3 is 2.70 bits per heavy atom. The van der Waals surface area contributed by atoms with Gasteiger partial charge in [-0.25, -0.2) is 0 Å². The van der Waals surface area contributed by atoms with E-state index in [9.17, 15) is 4.79 Å². The summed E-state index contributed by atoms with van der Waals surface area (Å²) in [7, 11) is 1.64. The molecule has 0 unspecified atom stereocenters. The zero-order chi connectivity index (χ0) is 16.5. The van der Waals surface area contributed by atoms with Crippen LogP contribution >= 0.6 is 0 Å². The van der Waals surface area contributed by atoms with Crippen LogP contribution in [-0.4, -0.2) is 31.5 Å². The van der Waals surface area contributed by atoms with E-state index >= 15 is 0 Å². The Kier molecular flexibility index (Phi) is 6.91. The zero-order valence-corrected chi connectivity index (χ0v) is 14.0. The van der Waals surface area contributed by atoms with Gasteiger partial charge in [0.05, 0.1) is 0 Å². The fourth-order valence-corrected chi connectivity index (χ4v) is 3.00. The number of nitrogens with two attached hydrogens (primary N) is 1. The molecule has 0 aromatic heterocycles. The molecule has 23 heavy (non-hydrogen) atoms. The standard InChI is InChI=1S/C18H28N4O/c1-20-17(23)15-8-6-7-14(13-15)11-12-21-18(19)22-16-9-4-2-3-5-10-16/h6-8,13,16H,2-5,9-12H2,1H3,(H,20,23)(H3,19,21,22). The van der Waals surface area contributed by atoms with Crippen LogP contribution in [0.2, 0.25) is 0 Å². The van der Waals surface area contributed by atoms with E-state index < -0.39 is 0 Å². The molecule has 1 aliphatic carbocycles. The number of amides is 1. The van der Waals surface area contributed by atoms with Crippen LogP contribution < -0.4 is 16.4 Å². The minimum atomic E-state index is -0.0649. The van der Waals surface area contributed by atoms with Crippen LogP contribution in [-0.2, 0) is 6.42 Å². The second kappa shape index (κ2) is 9.18. The molecule has 0 radical (unpaired) electrons. The molecule has 5 heteroatoms. The number of hydrogen-bond acceptors (Lipinski definition) is 2. The number of hydrogen-bond donors (Lipinski definition) is 3. The topological polar surface area (TPSA) is 79.5 Å². The molecule has 1 saturated carbocycles. The molecule has 1 amide bonds. The molecule has 4 N–H and O–H groups in total. The summed E-state index contributed by atoms with van der Waals surface area (Å²) in [5.41, 5.74) is 7.77. The number of rotatable bonds is 5. The molecule has 1 aromatic carbocycles. The van der Waals surface area contributed by atoms with E-state index in [1.807, 2.05) is 24.3 Å². The van der Waals surface area contributed by atoms with E-state index in [4.69, 9.17) is 5.73 Å². The molecule has 0 atom stereocenters. The van der Waals surface area contributed by atoms with Crippen LogP contribution in [0, 0.1) is 0 Å². The highest BCUT2D eigenvalue weighted by Crippen LogP contribution is 2.16. The number of nitrogens with one attached hydrogen (secondary N) is 2. The van der Waals surface area contributed by atoms with Gasteiger partial charge in [0, 0.05) is 25.2 Å². The van der Waals surface area contributed by atoms with E-state index in [0.717, 1.165) is 12.0 Å². The predicted octanol–water partition coefficient (Wildman–Crippen LogP) is 2.22. The molecule has 2 rings (SSSR count). The fourth-order valence-electron chi connectivity index (χ4n) is 3.00. The number of nitrogens with zero attached hydrogens (tertiary/aromatic N) is 1. The summed E-state index contributed by atoms with van der Waals surface area (Å²) in [6, 6.07) is 8.10. The Morgan fingerprint density at radius 2 is 2.00 bits per heavy atom. The highest BCUT2D eigenvalue weighted by molar-refractivity contribution is 5.94. The van der Waals surface area contributed by atoms with E-state index in [1.54, 1.807) is 7.05 Å². The van der Waals surface area contributed by atoms with Gasteiger partial charge in [-0.3, -0.25) is 9.79 Å². The second-order valence-corrected chi connectivity index (χ2v) is 6.13. The maximum Gasteiger partial charge on any atom is 0.251 e. The number of benzene rings is 1. The van der Waals surface area contributed by atoms with Crippen molar-refractivity contribution >= 4 is 11.9 Å². The largest absolute Gasteiger partial charge is 0.370 e. The molecule has 1 aromatic rings. The Balaban J connectivity index is 1.81. The minimum Gasteiger partial charge on any atom is -0.370 e. The average molecular weight is 316 g/mol. The molecule has 126 valence electrons. The highest BCUT2D eigenvalue weighted by Gasteiger charge is 2.12. The summed E-state index contributed by atoms with van der Waals surface area (Å²) in [6.45, 7) is 0.628. The molecule has 1 fully saturated rings. The Bertz CT molecular complexity index is 534. The van der Waals surface area contributed by atoms with Crippen LogP contribution in [0.5, 0.6) is 0 Å². The van der Waals surface area contributed by atoms with Crippen LogP contribution in [0.15, 0.2) is 29.3 Å². The summed E-state index contributed by atoms with van der Waals surface area (Å²) in [4.78, 5) is 16.1. The SMILES string of the molecule is CNC(=O)c1cccc(CCN=C(N)NC2CCCCCC2)c1. The number of carbonyl (C=O) groups excluding carboxylic acids is 1. The molecular weight excluding hydrogens is 288 g/mol. The van der Waals surface area contributed by atoms with Gasteiger partial charge >= 0.3 is 0 Å². The molecule has 5 nitrogen and oxygen atoms in total. The molecule has 1 aliphatic rings. The normalized spacial score (nSPS) is 16.7. The lowest BCUT2D eigenvalue weighted by molar-refractivity contribution is 0.0963. The van der Waals surface area contributed by atoms with Gasteiger partial charge in [0.15, 0.2) is 5.96 Å². The van der Waals surface area contributed by atoms with Gasteiger partial charge in [-0.05, 0) is 37.0 Å². The summed E-state index contributed by atoms with van der Waals surface area (Å²) < 4.78 is 0. The smallest absolute Gasteiger partial charge is 0.251 e. The zero-order valence-electron chi connectivity index (χ0n) is 14.0. The molecule has 0 aliphatic heterocycles. The van der Waals surface area contributed by atoms with Crippen molar-refractivity contribution in [2.75, 3.05) is 13.6 Å². The fraction of sp³-hybridized carbons (Fsp3) is 0.556. The van der Waals surface area contributed by atoms with Crippen LogP contribution in [0.4, 0.5) is 0 Å². The van der Waals surface area contributed by atoms with Crippen molar-refractivity contribution < 1.29 is 4.79 Å². The van der Waals surface area contributed by atoms with Crippen molar-refractivity contribution in [1.29, 1.82) is 0 Å². The first-order valence-corrected chi connectivity index (χ1v) is 8.56. The van der Waals surface area contributed by atoms with E-state index in [1.165, 1.54) is 38.5 Å². The van der Waals surface area contributed by atoms with Gasteiger partial charge in [-0.1, -0.05) is 37.8 Å². The summed E-state index contributed by atoms with van der Waals surface area (Å²) in [5.74, 6) is 0.476. The number of aliphatic imine (C=N–C) groups is 1. The van der Waals surface area contributed by atoms with Crippen molar-refractivity contribution in [2.24, 2.45) is 10.7 Å². The number of guanidine groups is 1. The van der Waals surface area contributed by atoms with Gasteiger partial charge < -0.3 is 16.4 Å². The summed E-state index contributed by atoms with van der Waals surface area (Å²) >= 11 is 0. The predicted molar refractivity (Wildman–Crippen MR) is 94.7 cm³/mol. The van der Waals surface area contributed by atoms with E-state index in [2.05, 4.69) is 15.6 Å². The maximum atomic E-state index is 11.6. The molecule has 0 saturated heterocycles. The van der Waals surface area contributed by atoms with Crippen molar-refractivity contribution in [3.63, 3.8) is 0 Å². The summed E-state index contributed by atoms with van der Waals surface area (Å²) in [6.07, 6.45) is 8.36. The first kappa shape index (κ1) is 17.3. The molecule has 0 bridgehead atoms. The van der Waals surface area contributed by atoms with Crippen LogP contribution in [0.1, 0.15) is 54.4 Å². The van der Waals surface area contributed by atoms with Gasteiger partial charge in [-0.2, -0.15) is 0 Å². The average Bonchev–Trinajstić information content (AvgIpc) is 2.83. The van der Waals surface area contributed by atoms with Gasteiger partial charge in [0.2, 0.25) is 0 Å². The molecule has 0 heterocycles. The highest BCUT2D eigenvalue weighted by atomic mass is 16.1. The monoisotopic (exact) mass is 316 g/mol. The van der Waals surface area contributed by atoms with Crippen molar-refractivity contribution in [1.82, 2.24) is 10.6 Å². The lowest BCUT2D eigenvalue weighted by Gasteiger charge is -2.16. The van der Waals surface area contributed by atoms with E-state index in [0.29, 0.717) is 24.1 Å². The van der Waals surface area contributed by atoms with Crippen molar-refractivity contribution in [3.8, 4) is 0 Å². The third-order valence-corrected chi connectivity index (χ3v) is 4.31. The van der Waals surface area contributed by atoms with Crippen LogP contribution in [0.3, 0.4) is 0 Å². The van der Waals surface area contributed by atoms with Crippen molar-refractivity contribution in [3.05, 3.63) is 35.4 Å². The van der Waals surface area contributed by atoms with E-state index in [-0.39, 0.29) is 5.91 Å². The Morgan fingerprint density at radius 1 is 1.26 bits per heavy atom. The van der Waals surface area contributed by atoms with Crippen LogP contribution in [0.25, 0.3) is 0 Å². The third kappa shape index (κ3) is 5.93. The first-order chi connectivity index (χ1) is 11.2. The first-order valence-electron chi connectivity index (χ1n) is 8.56. The third-order valence-electron chi connectivity index (χ3n) is 4.31. The Hall–Kier alpha value is -2.04. The second-order valence-electron chi connectivity index (χ2n) is 6.13. The van der Waals surface area contributed by atoms with Gasteiger partial charge in [0.1, 0.15) is 0 Å². The minimum absolute atomic E-state index is 0.0649. The quantitative estimate of drug-likeness (QED) is 0.443. The molecule has 0 spiro atoms. The van der Waals surface area contributed by atoms with Gasteiger partial charge in [-0.15, -0.1) is 0 Å². The molecular formula is C18H28N4O. The van der Waals surface area contributed by atoms with Gasteiger partial charge in [0.25, 0.3) is 5.91 Å². The Labute approximate surface area is 138 Å². The lowest BCUT2D eigenvalue weighted by Crippen LogP contribution is -2.40. The maximum absolute atomic E-state index is 11.6. The number of carbonyl (C=O) groups is 1. The summed E-state index contributed by atoms with van der Waals surface area (Å²) in [5, 5.41) is 5.98. The lowest BCUT2D eigenvalue weighted by atomic mass is 10.1.